The summed E-state index contributed by atoms with van der Waals surface area (Å²) >= 11 is 0. The molecule has 2 aromatic heterocycles. The Balaban J connectivity index is 2.26. The number of carbonyl (C=O) groups is 1. The minimum atomic E-state index is -0.126. The third-order valence-electron chi connectivity index (χ3n) is 3.26. The summed E-state index contributed by atoms with van der Waals surface area (Å²) in [6.07, 6.45) is 0. The Labute approximate surface area is 123 Å². The number of hydrogen-bond donors (Lipinski definition) is 1. The average molecular weight is 282 g/mol. The summed E-state index contributed by atoms with van der Waals surface area (Å²) in [7, 11) is 0. The van der Waals surface area contributed by atoms with Gasteiger partial charge in [0, 0.05) is 18.9 Å². The second kappa shape index (κ2) is 5.16. The maximum Gasteiger partial charge on any atom is 0.222 e. The van der Waals surface area contributed by atoms with Gasteiger partial charge < -0.3 is 5.32 Å². The number of hydrogen-bond acceptors (Lipinski definition) is 3. The Morgan fingerprint density at radius 3 is 2.81 bits per heavy atom. The maximum absolute atomic E-state index is 11.4. The van der Waals surface area contributed by atoms with E-state index in [0.717, 1.165) is 28.5 Å². The standard InChI is InChI=1S/C16H18N4O/c1-10(2)9-20-16-13(15(19-20)17-11(3)21)8-12-6-4-5-7-14(12)18-16/h4-8,10H,9H2,1-3H3,(H,17,19,21). The average Bonchev–Trinajstić information content (AvgIpc) is 2.72. The van der Waals surface area contributed by atoms with Crippen molar-refractivity contribution in [2.24, 2.45) is 5.92 Å². The lowest BCUT2D eigenvalue weighted by molar-refractivity contribution is -0.114. The van der Waals surface area contributed by atoms with Crippen LogP contribution >= 0.6 is 0 Å². The van der Waals surface area contributed by atoms with Crippen molar-refractivity contribution in [1.82, 2.24) is 14.8 Å². The van der Waals surface area contributed by atoms with E-state index in [0.29, 0.717) is 11.7 Å². The number of benzene rings is 1. The van der Waals surface area contributed by atoms with Crippen LogP contribution in [0.3, 0.4) is 0 Å². The molecular weight excluding hydrogens is 264 g/mol. The fraction of sp³-hybridized carbons (Fsp3) is 0.312. The Bertz CT molecular complexity index is 820. The summed E-state index contributed by atoms with van der Waals surface area (Å²) < 4.78 is 1.87. The van der Waals surface area contributed by atoms with Gasteiger partial charge in [0.2, 0.25) is 5.91 Å². The number of carbonyl (C=O) groups excluding carboxylic acids is 1. The van der Waals surface area contributed by atoms with E-state index >= 15 is 0 Å². The molecule has 0 saturated heterocycles. The second-order valence-corrected chi connectivity index (χ2v) is 5.66. The maximum atomic E-state index is 11.4. The van der Waals surface area contributed by atoms with Crippen molar-refractivity contribution >= 4 is 33.7 Å². The lowest BCUT2D eigenvalue weighted by Crippen LogP contribution is -2.09. The van der Waals surface area contributed by atoms with Crippen LogP contribution in [0.25, 0.3) is 21.9 Å². The predicted octanol–water partition coefficient (Wildman–Crippen LogP) is 3.20. The summed E-state index contributed by atoms with van der Waals surface area (Å²) in [6.45, 7) is 6.52. The fourth-order valence-electron chi connectivity index (χ4n) is 2.43. The molecule has 1 N–H and O–H groups in total. The minimum Gasteiger partial charge on any atom is -0.309 e. The third kappa shape index (κ3) is 2.59. The molecule has 5 nitrogen and oxygen atoms in total. The number of amides is 1. The number of rotatable bonds is 3. The SMILES string of the molecule is CC(=O)Nc1nn(CC(C)C)c2nc3ccccc3cc12. The van der Waals surface area contributed by atoms with E-state index in [-0.39, 0.29) is 5.91 Å². The zero-order valence-electron chi connectivity index (χ0n) is 12.4. The van der Waals surface area contributed by atoms with Crippen molar-refractivity contribution in [3.63, 3.8) is 0 Å². The summed E-state index contributed by atoms with van der Waals surface area (Å²) in [5.41, 5.74) is 1.75. The molecule has 0 bridgehead atoms. The van der Waals surface area contributed by atoms with Crippen LogP contribution in [-0.2, 0) is 11.3 Å². The number of pyridine rings is 1. The first kappa shape index (κ1) is 13.5. The first-order valence-corrected chi connectivity index (χ1v) is 7.08. The van der Waals surface area contributed by atoms with Crippen molar-refractivity contribution < 1.29 is 4.79 Å². The van der Waals surface area contributed by atoms with Gasteiger partial charge in [-0.25, -0.2) is 9.67 Å². The first-order chi connectivity index (χ1) is 10.0. The van der Waals surface area contributed by atoms with Gasteiger partial charge in [-0.2, -0.15) is 5.10 Å². The molecule has 1 aromatic carbocycles. The van der Waals surface area contributed by atoms with E-state index in [1.165, 1.54) is 6.92 Å². The molecule has 21 heavy (non-hydrogen) atoms. The van der Waals surface area contributed by atoms with Crippen molar-refractivity contribution in [3.05, 3.63) is 30.3 Å². The van der Waals surface area contributed by atoms with Crippen LogP contribution in [0.15, 0.2) is 30.3 Å². The van der Waals surface area contributed by atoms with E-state index in [1.807, 2.05) is 35.0 Å². The highest BCUT2D eigenvalue weighted by atomic mass is 16.1. The lowest BCUT2D eigenvalue weighted by atomic mass is 10.2. The van der Waals surface area contributed by atoms with Crippen LogP contribution in [0, 0.1) is 5.92 Å². The molecule has 0 atom stereocenters. The summed E-state index contributed by atoms with van der Waals surface area (Å²) in [5, 5.41) is 9.23. The molecule has 108 valence electrons. The normalized spacial score (nSPS) is 11.4. The monoisotopic (exact) mass is 282 g/mol. The van der Waals surface area contributed by atoms with Crippen LogP contribution in [0.4, 0.5) is 5.82 Å². The van der Waals surface area contributed by atoms with Crippen LogP contribution < -0.4 is 5.32 Å². The van der Waals surface area contributed by atoms with Gasteiger partial charge in [0.15, 0.2) is 11.5 Å². The zero-order chi connectivity index (χ0) is 15.0. The highest BCUT2D eigenvalue weighted by Crippen LogP contribution is 2.26. The van der Waals surface area contributed by atoms with Crippen LogP contribution in [0.5, 0.6) is 0 Å². The molecule has 0 saturated carbocycles. The van der Waals surface area contributed by atoms with Gasteiger partial charge in [-0.1, -0.05) is 32.0 Å². The van der Waals surface area contributed by atoms with E-state index in [2.05, 4.69) is 24.3 Å². The van der Waals surface area contributed by atoms with Gasteiger partial charge in [-0.15, -0.1) is 0 Å². The minimum absolute atomic E-state index is 0.126. The Morgan fingerprint density at radius 2 is 2.10 bits per heavy atom. The van der Waals surface area contributed by atoms with E-state index in [4.69, 9.17) is 4.98 Å². The largest absolute Gasteiger partial charge is 0.309 e. The number of aromatic nitrogens is 3. The van der Waals surface area contributed by atoms with Gasteiger partial charge in [0.1, 0.15) is 0 Å². The number of nitrogens with zero attached hydrogens (tertiary/aromatic N) is 3. The summed E-state index contributed by atoms with van der Waals surface area (Å²) in [5.74, 6) is 0.905. The molecule has 3 rings (SSSR count). The molecule has 0 fully saturated rings. The van der Waals surface area contributed by atoms with Crippen molar-refractivity contribution in [3.8, 4) is 0 Å². The molecule has 0 aliphatic rings. The van der Waals surface area contributed by atoms with E-state index in [9.17, 15) is 4.79 Å². The number of nitrogens with one attached hydrogen (secondary N) is 1. The fourth-order valence-corrected chi connectivity index (χ4v) is 2.43. The Hall–Kier alpha value is -2.43. The van der Waals surface area contributed by atoms with Crippen molar-refractivity contribution in [2.45, 2.75) is 27.3 Å². The quantitative estimate of drug-likeness (QED) is 0.802. The molecule has 5 heteroatoms. The lowest BCUT2D eigenvalue weighted by Gasteiger charge is -2.05. The van der Waals surface area contributed by atoms with Crippen molar-refractivity contribution in [2.75, 3.05) is 5.32 Å². The first-order valence-electron chi connectivity index (χ1n) is 7.08. The third-order valence-corrected chi connectivity index (χ3v) is 3.26. The second-order valence-electron chi connectivity index (χ2n) is 5.66. The molecule has 0 unspecified atom stereocenters. The van der Waals surface area contributed by atoms with Gasteiger partial charge >= 0.3 is 0 Å². The number of anilines is 1. The smallest absolute Gasteiger partial charge is 0.222 e. The van der Waals surface area contributed by atoms with E-state index < -0.39 is 0 Å². The van der Waals surface area contributed by atoms with E-state index in [1.54, 1.807) is 0 Å². The highest BCUT2D eigenvalue weighted by Gasteiger charge is 2.14. The number of fused-ring (bicyclic) bond motifs is 2. The Kier molecular flexibility index (Phi) is 3.33. The molecule has 0 aliphatic heterocycles. The zero-order valence-corrected chi connectivity index (χ0v) is 12.4. The topological polar surface area (TPSA) is 59.8 Å². The highest BCUT2D eigenvalue weighted by molar-refractivity contribution is 6.02. The molecule has 0 radical (unpaired) electrons. The van der Waals surface area contributed by atoms with Crippen LogP contribution in [-0.4, -0.2) is 20.7 Å². The van der Waals surface area contributed by atoms with Gasteiger partial charge in [-0.3, -0.25) is 4.79 Å². The molecule has 1 amide bonds. The molecule has 0 aliphatic carbocycles. The predicted molar refractivity (Wildman–Crippen MR) is 84.2 cm³/mol. The Morgan fingerprint density at radius 1 is 1.33 bits per heavy atom. The van der Waals surface area contributed by atoms with Gasteiger partial charge in [-0.05, 0) is 18.1 Å². The number of para-hydroxylation sites is 1. The molecule has 0 spiro atoms. The van der Waals surface area contributed by atoms with Crippen LogP contribution in [0.1, 0.15) is 20.8 Å². The molecule has 2 heterocycles. The summed E-state index contributed by atoms with van der Waals surface area (Å²) in [6, 6.07) is 9.98. The van der Waals surface area contributed by atoms with Crippen LogP contribution in [0.2, 0.25) is 0 Å². The summed E-state index contributed by atoms with van der Waals surface area (Å²) in [4.78, 5) is 16.1. The van der Waals surface area contributed by atoms with Gasteiger partial charge in [0.25, 0.3) is 0 Å². The molecular formula is C16H18N4O. The van der Waals surface area contributed by atoms with Crippen molar-refractivity contribution in [1.29, 1.82) is 0 Å². The van der Waals surface area contributed by atoms with Gasteiger partial charge in [0.05, 0.1) is 10.9 Å². The molecule has 3 aromatic rings.